The Hall–Kier alpha value is -3.19. The van der Waals surface area contributed by atoms with Crippen LogP contribution in [0.5, 0.6) is 5.75 Å². The van der Waals surface area contributed by atoms with Gasteiger partial charge in [0.1, 0.15) is 22.9 Å². The van der Waals surface area contributed by atoms with E-state index in [4.69, 9.17) is 14.3 Å². The summed E-state index contributed by atoms with van der Waals surface area (Å²) in [5, 5.41) is 12.4. The Balaban J connectivity index is 0.000000941. The number of benzene rings is 2. The number of furan rings is 1. The van der Waals surface area contributed by atoms with Crippen molar-refractivity contribution in [3.8, 4) is 17.1 Å². The van der Waals surface area contributed by atoms with Gasteiger partial charge in [-0.05, 0) is 64.3 Å². The molecule has 0 bridgehead atoms. The standard InChI is InChI=1S/C20H17FO5.C2H7N/c1-11(2)25-17-9-15-16(10-22)20(12-3-5-14(21)6-4-12)26-18(15)7-13(17)8-19(23)24;1-3-2/h3-7,9-11H,8H2,1-2H3,(H,23,24);3H,1-2H3. The zero-order valence-electron chi connectivity index (χ0n) is 16.8. The third kappa shape index (κ3) is 5.42. The maximum absolute atomic E-state index is 13.2. The molecular formula is C22H24FNO5. The molecule has 0 saturated heterocycles. The quantitative estimate of drug-likeness (QED) is 0.599. The van der Waals surface area contributed by atoms with Gasteiger partial charge in [0, 0.05) is 16.5 Å². The SMILES string of the molecule is CC(C)Oc1cc2c(C=O)c(-c3ccc(F)cc3)oc2cc1CC(=O)O.CNC. The van der Waals surface area contributed by atoms with E-state index in [9.17, 15) is 14.0 Å². The zero-order chi connectivity index (χ0) is 21.6. The second kappa shape index (κ2) is 9.84. The van der Waals surface area contributed by atoms with E-state index in [2.05, 4.69) is 5.32 Å². The first kappa shape index (κ1) is 22.1. The number of aliphatic carboxylic acids is 1. The van der Waals surface area contributed by atoms with E-state index < -0.39 is 11.8 Å². The van der Waals surface area contributed by atoms with Crippen molar-refractivity contribution >= 4 is 23.2 Å². The molecule has 1 heterocycles. The van der Waals surface area contributed by atoms with Crippen LogP contribution in [-0.4, -0.2) is 37.6 Å². The maximum atomic E-state index is 13.2. The molecular weight excluding hydrogens is 377 g/mol. The van der Waals surface area contributed by atoms with Crippen LogP contribution in [0, 0.1) is 5.82 Å². The molecule has 0 aliphatic heterocycles. The van der Waals surface area contributed by atoms with Gasteiger partial charge in [0.25, 0.3) is 0 Å². The highest BCUT2D eigenvalue weighted by molar-refractivity contribution is 6.03. The number of aldehydes is 1. The van der Waals surface area contributed by atoms with Crippen LogP contribution in [0.1, 0.15) is 29.8 Å². The number of carboxylic acids is 1. The number of rotatable bonds is 6. The van der Waals surface area contributed by atoms with Gasteiger partial charge >= 0.3 is 5.97 Å². The number of hydrogen-bond acceptors (Lipinski definition) is 5. The molecule has 0 unspecified atom stereocenters. The second-order valence-corrected chi connectivity index (χ2v) is 6.66. The average Bonchev–Trinajstić information content (AvgIpc) is 2.99. The van der Waals surface area contributed by atoms with Crippen LogP contribution in [-0.2, 0) is 11.2 Å². The highest BCUT2D eigenvalue weighted by Crippen LogP contribution is 2.36. The largest absolute Gasteiger partial charge is 0.491 e. The lowest BCUT2D eigenvalue weighted by atomic mass is 10.0. The van der Waals surface area contributed by atoms with Crippen molar-refractivity contribution in [2.45, 2.75) is 26.4 Å². The molecule has 154 valence electrons. The summed E-state index contributed by atoms with van der Waals surface area (Å²) in [5.74, 6) is -0.699. The van der Waals surface area contributed by atoms with Crippen molar-refractivity contribution in [3.63, 3.8) is 0 Å². The molecule has 7 heteroatoms. The summed E-state index contributed by atoms with van der Waals surface area (Å²) < 4.78 is 24.7. The molecule has 6 nitrogen and oxygen atoms in total. The van der Waals surface area contributed by atoms with Gasteiger partial charge in [-0.2, -0.15) is 0 Å². The molecule has 0 amide bonds. The van der Waals surface area contributed by atoms with Crippen molar-refractivity contribution in [2.24, 2.45) is 0 Å². The lowest BCUT2D eigenvalue weighted by Gasteiger charge is -2.13. The molecule has 0 atom stereocenters. The van der Waals surface area contributed by atoms with Gasteiger partial charge in [0.2, 0.25) is 0 Å². The normalized spacial score (nSPS) is 10.6. The Labute approximate surface area is 168 Å². The van der Waals surface area contributed by atoms with Crippen LogP contribution in [0.4, 0.5) is 4.39 Å². The van der Waals surface area contributed by atoms with E-state index in [1.807, 2.05) is 27.9 Å². The van der Waals surface area contributed by atoms with E-state index in [1.165, 1.54) is 24.3 Å². The number of carbonyl (C=O) groups is 2. The molecule has 29 heavy (non-hydrogen) atoms. The zero-order valence-corrected chi connectivity index (χ0v) is 16.8. The predicted octanol–water partition coefficient (Wildman–Crippen LogP) is 4.30. The number of halogens is 1. The van der Waals surface area contributed by atoms with Crippen LogP contribution in [0.15, 0.2) is 40.8 Å². The third-order valence-electron chi connectivity index (χ3n) is 3.84. The van der Waals surface area contributed by atoms with Crippen molar-refractivity contribution < 1.29 is 28.2 Å². The highest BCUT2D eigenvalue weighted by atomic mass is 19.1. The first-order valence-corrected chi connectivity index (χ1v) is 9.08. The molecule has 2 aromatic carbocycles. The van der Waals surface area contributed by atoms with E-state index in [-0.39, 0.29) is 12.5 Å². The van der Waals surface area contributed by atoms with Gasteiger partial charge in [0.15, 0.2) is 6.29 Å². The topological polar surface area (TPSA) is 88.8 Å². The number of carbonyl (C=O) groups excluding carboxylic acids is 1. The molecule has 0 aliphatic rings. The van der Waals surface area contributed by atoms with Crippen molar-refractivity contribution in [1.82, 2.24) is 5.32 Å². The Bertz CT molecular complexity index is 993. The fourth-order valence-electron chi connectivity index (χ4n) is 2.78. The molecule has 3 aromatic rings. The molecule has 0 spiro atoms. The van der Waals surface area contributed by atoms with Gasteiger partial charge in [0.05, 0.1) is 18.1 Å². The molecule has 2 N–H and O–H groups in total. The number of hydrogen-bond donors (Lipinski definition) is 2. The Morgan fingerprint density at radius 1 is 1.24 bits per heavy atom. The molecule has 3 rings (SSSR count). The second-order valence-electron chi connectivity index (χ2n) is 6.66. The minimum absolute atomic E-state index is 0.164. The van der Waals surface area contributed by atoms with Crippen LogP contribution in [0.25, 0.3) is 22.3 Å². The maximum Gasteiger partial charge on any atom is 0.307 e. The minimum Gasteiger partial charge on any atom is -0.491 e. The van der Waals surface area contributed by atoms with Crippen molar-refractivity contribution in [3.05, 3.63) is 53.3 Å². The highest BCUT2D eigenvalue weighted by Gasteiger charge is 2.20. The smallest absolute Gasteiger partial charge is 0.307 e. The van der Waals surface area contributed by atoms with Gasteiger partial charge < -0.3 is 19.6 Å². The third-order valence-corrected chi connectivity index (χ3v) is 3.84. The fraction of sp³-hybridized carbons (Fsp3) is 0.273. The van der Waals surface area contributed by atoms with Crippen LogP contribution in [0.3, 0.4) is 0 Å². The summed E-state index contributed by atoms with van der Waals surface area (Å²) in [5.41, 5.74) is 1.69. The lowest BCUT2D eigenvalue weighted by Crippen LogP contribution is -2.09. The van der Waals surface area contributed by atoms with Crippen LogP contribution >= 0.6 is 0 Å². The van der Waals surface area contributed by atoms with Gasteiger partial charge in [-0.3, -0.25) is 9.59 Å². The number of fused-ring (bicyclic) bond motifs is 1. The number of carboxylic acid groups (broad SMARTS) is 1. The van der Waals surface area contributed by atoms with E-state index in [1.54, 1.807) is 12.1 Å². The summed E-state index contributed by atoms with van der Waals surface area (Å²) in [6, 6.07) is 8.78. The van der Waals surface area contributed by atoms with Crippen molar-refractivity contribution in [1.29, 1.82) is 0 Å². The van der Waals surface area contributed by atoms with E-state index in [0.29, 0.717) is 45.5 Å². The molecule has 0 saturated carbocycles. The first-order chi connectivity index (χ1) is 13.8. The van der Waals surface area contributed by atoms with Gasteiger partial charge in [-0.1, -0.05) is 0 Å². The van der Waals surface area contributed by atoms with Gasteiger partial charge in [-0.25, -0.2) is 4.39 Å². The Kier molecular flexibility index (Phi) is 7.50. The summed E-state index contributed by atoms with van der Waals surface area (Å²) in [6.07, 6.45) is 0.268. The first-order valence-electron chi connectivity index (χ1n) is 9.08. The molecule has 1 aromatic heterocycles. The predicted molar refractivity (Wildman–Crippen MR) is 109 cm³/mol. The fourth-order valence-corrected chi connectivity index (χ4v) is 2.78. The van der Waals surface area contributed by atoms with Gasteiger partial charge in [-0.15, -0.1) is 0 Å². The summed E-state index contributed by atoms with van der Waals surface area (Å²) in [4.78, 5) is 22.8. The average molecular weight is 401 g/mol. The Morgan fingerprint density at radius 2 is 1.86 bits per heavy atom. The molecule has 0 radical (unpaired) electrons. The van der Waals surface area contributed by atoms with Crippen LogP contribution < -0.4 is 10.1 Å². The summed E-state index contributed by atoms with van der Waals surface area (Å²) in [6.45, 7) is 3.66. The summed E-state index contributed by atoms with van der Waals surface area (Å²) in [7, 11) is 3.75. The van der Waals surface area contributed by atoms with Crippen molar-refractivity contribution in [2.75, 3.05) is 14.1 Å². The molecule has 0 fully saturated rings. The lowest BCUT2D eigenvalue weighted by molar-refractivity contribution is -0.136. The monoisotopic (exact) mass is 401 g/mol. The molecule has 0 aliphatic carbocycles. The number of nitrogens with one attached hydrogen (secondary N) is 1. The Morgan fingerprint density at radius 3 is 2.38 bits per heavy atom. The number of ether oxygens (including phenoxy) is 1. The van der Waals surface area contributed by atoms with E-state index in [0.717, 1.165) is 0 Å². The summed E-state index contributed by atoms with van der Waals surface area (Å²) >= 11 is 0. The minimum atomic E-state index is -1.00. The van der Waals surface area contributed by atoms with Crippen LogP contribution in [0.2, 0.25) is 0 Å². The van der Waals surface area contributed by atoms with E-state index >= 15 is 0 Å².